The molecule has 0 spiro atoms. The number of amides is 1. The monoisotopic (exact) mass is 568 g/mol. The van der Waals surface area contributed by atoms with Gasteiger partial charge in [-0.3, -0.25) is 9.69 Å². The first kappa shape index (κ1) is 31.3. The lowest BCUT2D eigenvalue weighted by Gasteiger charge is -2.23. The van der Waals surface area contributed by atoms with Gasteiger partial charge in [-0.05, 0) is 96.8 Å². The molecule has 40 heavy (non-hydrogen) atoms. The lowest BCUT2D eigenvalue weighted by Crippen LogP contribution is -2.41. The Kier molecular flexibility index (Phi) is 12.2. The lowest BCUT2D eigenvalue weighted by molar-refractivity contribution is -0.139. The molecule has 0 aliphatic carbocycles. The zero-order valence-corrected chi connectivity index (χ0v) is 24.2. The molecule has 3 aromatic carbocycles. The van der Waals surface area contributed by atoms with Gasteiger partial charge < -0.3 is 10.4 Å². The Hall–Kier alpha value is -3.23. The number of aryl methyl sites for hydroxylation is 1. The van der Waals surface area contributed by atoms with Gasteiger partial charge in [-0.15, -0.1) is 0 Å². The Morgan fingerprint density at radius 3 is 2.35 bits per heavy atom. The number of nitrogens with one attached hydrogen (secondary N) is 1. The summed E-state index contributed by atoms with van der Waals surface area (Å²) in [5.41, 5.74) is 4.67. The van der Waals surface area contributed by atoms with Gasteiger partial charge in [0.1, 0.15) is 17.7 Å². The van der Waals surface area contributed by atoms with Crippen LogP contribution < -0.4 is 5.32 Å². The summed E-state index contributed by atoms with van der Waals surface area (Å²) < 4.78 is 27.4. The number of benzene rings is 3. The van der Waals surface area contributed by atoms with Crippen LogP contribution in [0.4, 0.5) is 8.78 Å². The van der Waals surface area contributed by atoms with Gasteiger partial charge in [0.2, 0.25) is 0 Å². The van der Waals surface area contributed by atoms with Gasteiger partial charge in [-0.25, -0.2) is 13.6 Å². The van der Waals surface area contributed by atoms with Crippen LogP contribution in [-0.4, -0.2) is 53.0 Å². The summed E-state index contributed by atoms with van der Waals surface area (Å²) in [4.78, 5) is 27.4. The van der Waals surface area contributed by atoms with Crippen molar-refractivity contribution < 1.29 is 23.5 Å². The number of carbonyl (C=O) groups excluding carboxylic acids is 1. The molecule has 0 saturated heterocycles. The van der Waals surface area contributed by atoms with Gasteiger partial charge in [-0.1, -0.05) is 43.7 Å². The molecule has 5 nitrogen and oxygen atoms in total. The molecule has 0 radical (unpaired) electrons. The maximum Gasteiger partial charge on any atom is 0.326 e. The van der Waals surface area contributed by atoms with E-state index < -0.39 is 29.6 Å². The van der Waals surface area contributed by atoms with Crippen LogP contribution in [0.2, 0.25) is 0 Å². The highest BCUT2D eigenvalue weighted by molar-refractivity contribution is 7.98. The first-order valence-corrected chi connectivity index (χ1v) is 15.0. The minimum atomic E-state index is -1.05. The van der Waals surface area contributed by atoms with Crippen LogP contribution in [0.15, 0.2) is 60.7 Å². The van der Waals surface area contributed by atoms with E-state index in [4.69, 9.17) is 0 Å². The zero-order valence-electron chi connectivity index (χ0n) is 23.4. The molecule has 0 aliphatic rings. The van der Waals surface area contributed by atoms with E-state index in [1.807, 2.05) is 49.6 Å². The quantitative estimate of drug-likeness (QED) is 0.213. The van der Waals surface area contributed by atoms with Gasteiger partial charge in [0.25, 0.3) is 5.91 Å². The second-order valence-electron chi connectivity index (χ2n) is 10.00. The molecule has 0 saturated carbocycles. The predicted molar refractivity (Wildman–Crippen MR) is 159 cm³/mol. The zero-order chi connectivity index (χ0) is 29.1. The van der Waals surface area contributed by atoms with Crippen molar-refractivity contribution in [2.75, 3.05) is 25.1 Å². The SMILES string of the molecule is CCCCN(CCc1cc(F)cc(F)c1)Cc1ccc(C(=O)NC(CCSC)C(=O)O)c(-c2ccccc2C)c1. The predicted octanol–water partition coefficient (Wildman–Crippen LogP) is 6.72. The summed E-state index contributed by atoms with van der Waals surface area (Å²) in [6, 6.07) is 16.1. The van der Waals surface area contributed by atoms with Crippen LogP contribution in [0.3, 0.4) is 0 Å². The number of hydrogen-bond donors (Lipinski definition) is 2. The molecular formula is C32H38F2N2O3S. The van der Waals surface area contributed by atoms with E-state index in [1.54, 1.807) is 6.07 Å². The van der Waals surface area contributed by atoms with Crippen LogP contribution in [0.25, 0.3) is 11.1 Å². The number of halogens is 2. The number of carboxylic acid groups (broad SMARTS) is 1. The molecule has 8 heteroatoms. The first-order valence-electron chi connectivity index (χ1n) is 13.6. The molecule has 1 amide bonds. The number of carbonyl (C=O) groups is 2. The Morgan fingerprint density at radius 1 is 0.975 bits per heavy atom. The fourth-order valence-corrected chi connectivity index (χ4v) is 5.14. The van der Waals surface area contributed by atoms with Crippen molar-refractivity contribution in [2.45, 2.75) is 52.1 Å². The van der Waals surface area contributed by atoms with Gasteiger partial charge in [0.05, 0.1) is 0 Å². The maximum absolute atomic E-state index is 13.7. The second kappa shape index (κ2) is 15.5. The minimum absolute atomic E-state index is 0.335. The molecule has 1 unspecified atom stereocenters. The van der Waals surface area contributed by atoms with Crippen LogP contribution in [-0.2, 0) is 17.8 Å². The number of aliphatic carboxylic acids is 1. The van der Waals surface area contributed by atoms with Gasteiger partial charge >= 0.3 is 5.97 Å². The van der Waals surface area contributed by atoms with Crippen molar-refractivity contribution in [1.82, 2.24) is 10.2 Å². The van der Waals surface area contributed by atoms with E-state index in [0.29, 0.717) is 42.8 Å². The standard InChI is InChI=1S/C32H38F2N2O3S/c1-4-5-14-36(15-12-23-17-25(33)20-26(34)18-23)21-24-10-11-28(29(19-24)27-9-7-6-8-22(27)2)31(37)35-30(32(38)39)13-16-40-3/h6-11,17-20,30H,4-5,12-16,21H2,1-3H3,(H,35,37)(H,38,39). The number of nitrogens with zero attached hydrogens (tertiary/aromatic N) is 1. The number of hydrogen-bond acceptors (Lipinski definition) is 4. The Morgan fingerprint density at radius 2 is 1.70 bits per heavy atom. The fourth-order valence-electron chi connectivity index (χ4n) is 4.67. The molecule has 0 aromatic heterocycles. The smallest absolute Gasteiger partial charge is 0.326 e. The first-order chi connectivity index (χ1) is 19.2. The normalized spacial score (nSPS) is 11.9. The lowest BCUT2D eigenvalue weighted by atomic mass is 9.93. The summed E-state index contributed by atoms with van der Waals surface area (Å²) in [6.45, 7) is 6.15. The van der Waals surface area contributed by atoms with E-state index in [-0.39, 0.29) is 0 Å². The molecule has 3 aromatic rings. The van der Waals surface area contributed by atoms with Gasteiger partial charge in [-0.2, -0.15) is 11.8 Å². The van der Waals surface area contributed by atoms with Crippen molar-refractivity contribution in [3.05, 3.63) is 94.6 Å². The van der Waals surface area contributed by atoms with E-state index >= 15 is 0 Å². The van der Waals surface area contributed by atoms with Gasteiger partial charge in [0, 0.05) is 24.7 Å². The second-order valence-corrected chi connectivity index (χ2v) is 11.0. The summed E-state index contributed by atoms with van der Waals surface area (Å²) in [5.74, 6) is -2.01. The van der Waals surface area contributed by atoms with Crippen molar-refractivity contribution in [3.8, 4) is 11.1 Å². The molecule has 0 aliphatic heterocycles. The van der Waals surface area contributed by atoms with E-state index in [0.717, 1.165) is 47.7 Å². The van der Waals surface area contributed by atoms with Gasteiger partial charge in [0.15, 0.2) is 0 Å². The van der Waals surface area contributed by atoms with Crippen molar-refractivity contribution in [1.29, 1.82) is 0 Å². The van der Waals surface area contributed by atoms with Crippen LogP contribution in [0.1, 0.15) is 53.2 Å². The Balaban J connectivity index is 1.90. The Bertz CT molecular complexity index is 1280. The average molecular weight is 569 g/mol. The maximum atomic E-state index is 13.7. The topological polar surface area (TPSA) is 69.6 Å². The third-order valence-corrected chi connectivity index (χ3v) is 7.49. The summed E-state index contributed by atoms with van der Waals surface area (Å²) in [7, 11) is 0. The molecule has 2 N–H and O–H groups in total. The highest BCUT2D eigenvalue weighted by Crippen LogP contribution is 2.29. The average Bonchev–Trinajstić information content (AvgIpc) is 2.92. The Labute approximate surface area is 240 Å². The molecular weight excluding hydrogens is 530 g/mol. The minimum Gasteiger partial charge on any atom is -0.480 e. The summed E-state index contributed by atoms with van der Waals surface area (Å²) in [6.07, 6.45) is 4.74. The largest absolute Gasteiger partial charge is 0.480 e. The van der Waals surface area contributed by atoms with Crippen LogP contribution in [0, 0.1) is 18.6 Å². The summed E-state index contributed by atoms with van der Waals surface area (Å²) in [5, 5.41) is 12.3. The third kappa shape index (κ3) is 9.17. The van der Waals surface area contributed by atoms with E-state index in [2.05, 4.69) is 17.1 Å². The molecule has 214 valence electrons. The fraction of sp³-hybridized carbons (Fsp3) is 0.375. The van der Waals surface area contributed by atoms with E-state index in [1.165, 1.54) is 23.9 Å². The number of unbranched alkanes of at least 4 members (excludes halogenated alkanes) is 1. The van der Waals surface area contributed by atoms with Crippen LogP contribution in [0.5, 0.6) is 0 Å². The molecule has 0 bridgehead atoms. The van der Waals surface area contributed by atoms with Crippen molar-refractivity contribution >= 4 is 23.6 Å². The number of thioether (sulfide) groups is 1. The number of rotatable bonds is 15. The number of carboxylic acids is 1. The third-order valence-electron chi connectivity index (χ3n) is 6.85. The molecule has 0 heterocycles. The molecule has 3 rings (SSSR count). The molecule has 0 fully saturated rings. The summed E-state index contributed by atoms with van der Waals surface area (Å²) >= 11 is 1.53. The molecule has 1 atom stereocenters. The van der Waals surface area contributed by atoms with Crippen molar-refractivity contribution in [3.63, 3.8) is 0 Å². The highest BCUT2D eigenvalue weighted by Gasteiger charge is 2.23. The van der Waals surface area contributed by atoms with E-state index in [9.17, 15) is 23.5 Å². The van der Waals surface area contributed by atoms with Crippen molar-refractivity contribution in [2.24, 2.45) is 0 Å². The highest BCUT2D eigenvalue weighted by atomic mass is 32.2. The van der Waals surface area contributed by atoms with Crippen LogP contribution >= 0.6 is 11.8 Å².